The molecule has 0 saturated carbocycles. The summed E-state index contributed by atoms with van der Waals surface area (Å²) in [5.41, 5.74) is 0.782. The van der Waals surface area contributed by atoms with Crippen molar-refractivity contribution in [2.75, 3.05) is 26.5 Å². The van der Waals surface area contributed by atoms with Crippen LogP contribution in [0.2, 0.25) is 0 Å². The number of esters is 1. The predicted octanol–water partition coefficient (Wildman–Crippen LogP) is 3.27. The molecule has 2 heterocycles. The maximum atomic E-state index is 13.2. The number of piperidine rings is 1. The fourth-order valence-electron chi connectivity index (χ4n) is 3.90. The van der Waals surface area contributed by atoms with E-state index < -0.39 is 27.7 Å². The van der Waals surface area contributed by atoms with Gasteiger partial charge in [-0.3, -0.25) is 9.59 Å². The van der Waals surface area contributed by atoms with E-state index in [1.165, 1.54) is 34.9 Å². The monoisotopic (exact) mass is 537 g/mol. The maximum Gasteiger partial charge on any atom is 0.325 e. The minimum absolute atomic E-state index is 0.0205. The molecular weight excluding hydrogens is 513 g/mol. The summed E-state index contributed by atoms with van der Waals surface area (Å²) in [6, 6.07) is 10.5. The van der Waals surface area contributed by atoms with Crippen molar-refractivity contribution < 1.29 is 27.1 Å². The molecule has 12 heteroatoms. The first-order chi connectivity index (χ1) is 16.7. The number of thioether (sulfide) groups is 1. The Kier molecular flexibility index (Phi) is 7.74. The third-order valence-electron chi connectivity index (χ3n) is 5.87. The summed E-state index contributed by atoms with van der Waals surface area (Å²) < 4.78 is 47.5. The number of sulfonamides is 1. The number of rotatable bonds is 6. The largest absolute Gasteiger partial charge is 0.468 e. The zero-order valence-corrected chi connectivity index (χ0v) is 21.6. The van der Waals surface area contributed by atoms with Crippen molar-refractivity contribution in [1.82, 2.24) is 8.87 Å². The van der Waals surface area contributed by atoms with Crippen molar-refractivity contribution >= 4 is 55.2 Å². The molecule has 1 fully saturated rings. The number of carbonyl (C=O) groups is 2. The average molecular weight is 538 g/mol. The second-order valence-corrected chi connectivity index (χ2v) is 11.8. The summed E-state index contributed by atoms with van der Waals surface area (Å²) in [4.78, 5) is 30.8. The van der Waals surface area contributed by atoms with Gasteiger partial charge in [-0.15, -0.1) is 11.8 Å². The quantitative estimate of drug-likeness (QED) is 0.354. The van der Waals surface area contributed by atoms with E-state index in [2.05, 4.69) is 4.99 Å². The molecule has 35 heavy (non-hydrogen) atoms. The molecule has 1 aromatic heterocycles. The number of carbonyl (C=O) groups excluding carboxylic acids is 2. The Morgan fingerprint density at radius 2 is 1.86 bits per heavy atom. The van der Waals surface area contributed by atoms with E-state index in [-0.39, 0.29) is 30.4 Å². The first-order valence-corrected chi connectivity index (χ1v) is 14.3. The molecule has 8 nitrogen and oxygen atoms in total. The molecule has 0 N–H and O–H groups in total. The van der Waals surface area contributed by atoms with E-state index in [4.69, 9.17) is 4.74 Å². The highest BCUT2D eigenvalue weighted by atomic mass is 32.2. The molecule has 4 rings (SSSR count). The highest BCUT2D eigenvalue weighted by Crippen LogP contribution is 2.26. The van der Waals surface area contributed by atoms with Crippen molar-refractivity contribution in [2.24, 2.45) is 10.9 Å². The van der Waals surface area contributed by atoms with E-state index in [9.17, 15) is 22.4 Å². The van der Waals surface area contributed by atoms with Crippen LogP contribution in [0.3, 0.4) is 0 Å². The van der Waals surface area contributed by atoms with Crippen LogP contribution in [0.5, 0.6) is 0 Å². The van der Waals surface area contributed by atoms with E-state index >= 15 is 0 Å². The third-order valence-corrected chi connectivity index (χ3v) is 9.54. The summed E-state index contributed by atoms with van der Waals surface area (Å²) >= 11 is 2.91. The molecule has 1 amide bonds. The molecule has 2 aromatic carbocycles. The topological polar surface area (TPSA) is 98.0 Å². The Hall–Kier alpha value is -2.54. The second kappa shape index (κ2) is 10.6. The number of thiazole rings is 1. The summed E-state index contributed by atoms with van der Waals surface area (Å²) in [7, 11) is -2.46. The van der Waals surface area contributed by atoms with E-state index in [1.54, 1.807) is 16.3 Å². The van der Waals surface area contributed by atoms with Crippen molar-refractivity contribution in [3.8, 4) is 0 Å². The number of hydrogen-bond acceptors (Lipinski definition) is 7. The van der Waals surface area contributed by atoms with E-state index in [0.29, 0.717) is 17.6 Å². The van der Waals surface area contributed by atoms with E-state index in [0.717, 1.165) is 27.2 Å². The second-order valence-electron chi connectivity index (χ2n) is 7.96. The average Bonchev–Trinajstić information content (AvgIpc) is 3.19. The number of hydrogen-bond donors (Lipinski definition) is 0. The van der Waals surface area contributed by atoms with Gasteiger partial charge in [0, 0.05) is 23.9 Å². The zero-order valence-electron chi connectivity index (χ0n) is 19.1. The highest BCUT2D eigenvalue weighted by molar-refractivity contribution is 7.98. The molecule has 0 aliphatic carbocycles. The molecule has 0 bridgehead atoms. The van der Waals surface area contributed by atoms with Gasteiger partial charge in [-0.1, -0.05) is 11.3 Å². The molecule has 0 unspecified atom stereocenters. The van der Waals surface area contributed by atoms with Gasteiger partial charge < -0.3 is 9.30 Å². The lowest BCUT2D eigenvalue weighted by Crippen LogP contribution is -2.40. The van der Waals surface area contributed by atoms with Crippen LogP contribution in [-0.2, 0) is 30.9 Å². The highest BCUT2D eigenvalue weighted by Gasteiger charge is 2.32. The molecule has 1 aliphatic rings. The normalized spacial score (nSPS) is 16.0. The fraction of sp³-hybridized carbons (Fsp3) is 0.348. The number of amides is 1. The molecule has 186 valence electrons. The number of benzene rings is 2. The molecule has 0 spiro atoms. The summed E-state index contributed by atoms with van der Waals surface area (Å²) in [6.45, 7) is 0.254. The predicted molar refractivity (Wildman–Crippen MR) is 132 cm³/mol. The lowest BCUT2D eigenvalue weighted by Gasteiger charge is -2.29. The molecule has 0 atom stereocenters. The molecule has 1 saturated heterocycles. The van der Waals surface area contributed by atoms with E-state index in [1.807, 2.05) is 24.5 Å². The van der Waals surface area contributed by atoms with Gasteiger partial charge in [-0.2, -0.15) is 9.30 Å². The van der Waals surface area contributed by atoms with Gasteiger partial charge in [0.25, 0.3) is 5.91 Å². The van der Waals surface area contributed by atoms with Gasteiger partial charge in [0.2, 0.25) is 10.0 Å². The first-order valence-electron chi connectivity index (χ1n) is 10.8. The molecule has 0 radical (unpaired) electrons. The van der Waals surface area contributed by atoms with Crippen LogP contribution in [0.25, 0.3) is 10.2 Å². The molecule has 1 aliphatic heterocycles. The van der Waals surface area contributed by atoms with Crippen LogP contribution in [0.1, 0.15) is 12.8 Å². The SMILES string of the molecule is COC(=O)Cn1c(=NC(=O)C2CCN(S(=O)(=O)c3ccc(F)cc3)CC2)sc2cc(SC)ccc21. The number of methoxy groups -OCH3 is 1. The van der Waals surface area contributed by atoms with Crippen LogP contribution in [0.4, 0.5) is 4.39 Å². The van der Waals surface area contributed by atoms with Crippen LogP contribution >= 0.6 is 23.1 Å². The van der Waals surface area contributed by atoms with Crippen molar-refractivity contribution in [2.45, 2.75) is 29.2 Å². The van der Waals surface area contributed by atoms with Gasteiger partial charge in [0.05, 0.1) is 22.2 Å². The van der Waals surface area contributed by atoms with Crippen molar-refractivity contribution in [3.05, 3.63) is 53.1 Å². The Bertz CT molecular complexity index is 1420. The Balaban J connectivity index is 1.55. The maximum absolute atomic E-state index is 13.2. The smallest absolute Gasteiger partial charge is 0.325 e. The third kappa shape index (κ3) is 5.50. The first kappa shape index (κ1) is 25.5. The van der Waals surface area contributed by atoms with Gasteiger partial charge in [-0.25, -0.2) is 12.8 Å². The lowest BCUT2D eigenvalue weighted by molar-refractivity contribution is -0.141. The molecular formula is C23H24FN3O5S3. The number of ether oxygens (including phenoxy) is 1. The van der Waals surface area contributed by atoms with Gasteiger partial charge in [-0.05, 0) is 61.6 Å². The minimum atomic E-state index is -3.76. The minimum Gasteiger partial charge on any atom is -0.468 e. The van der Waals surface area contributed by atoms with Crippen LogP contribution in [0, 0.1) is 11.7 Å². The number of halogens is 1. The zero-order chi connectivity index (χ0) is 25.2. The summed E-state index contributed by atoms with van der Waals surface area (Å²) in [5, 5.41) is 0. The van der Waals surface area contributed by atoms with Crippen molar-refractivity contribution in [3.63, 3.8) is 0 Å². The van der Waals surface area contributed by atoms with Crippen LogP contribution in [-0.4, -0.2) is 55.6 Å². The van der Waals surface area contributed by atoms with Crippen molar-refractivity contribution in [1.29, 1.82) is 0 Å². The van der Waals surface area contributed by atoms with Crippen LogP contribution < -0.4 is 4.80 Å². The standard InChI is InChI=1S/C23H24FN3O5S3/c1-32-21(28)14-27-19-8-5-17(33-2)13-20(19)34-23(27)25-22(29)15-9-11-26(12-10-15)35(30,31)18-6-3-16(24)4-7-18/h3-8,13,15H,9-12,14H2,1-2H3. The summed E-state index contributed by atoms with van der Waals surface area (Å²) in [5.74, 6) is -1.75. The van der Waals surface area contributed by atoms with Gasteiger partial charge in [0.1, 0.15) is 12.4 Å². The number of aromatic nitrogens is 1. The van der Waals surface area contributed by atoms with Gasteiger partial charge >= 0.3 is 5.97 Å². The Morgan fingerprint density at radius 1 is 1.17 bits per heavy atom. The fourth-order valence-corrected chi connectivity index (χ4v) is 6.95. The Labute approximate surface area is 210 Å². The Morgan fingerprint density at radius 3 is 2.49 bits per heavy atom. The summed E-state index contributed by atoms with van der Waals surface area (Å²) in [6.07, 6.45) is 2.61. The lowest BCUT2D eigenvalue weighted by atomic mass is 9.98. The van der Waals surface area contributed by atoms with Gasteiger partial charge in [0.15, 0.2) is 4.80 Å². The molecule has 3 aromatic rings. The number of nitrogens with zero attached hydrogens (tertiary/aromatic N) is 3. The number of fused-ring (bicyclic) bond motifs is 1. The van der Waals surface area contributed by atoms with Crippen LogP contribution in [0.15, 0.2) is 57.2 Å².